The second kappa shape index (κ2) is 7.55. The van der Waals surface area contributed by atoms with Crippen LogP contribution in [0, 0.1) is 0 Å². The fourth-order valence-electron chi connectivity index (χ4n) is 4.98. The summed E-state index contributed by atoms with van der Waals surface area (Å²) in [6.07, 6.45) is 2.70. The number of hydrogen-bond acceptors (Lipinski definition) is 7. The van der Waals surface area contributed by atoms with Crippen LogP contribution in [0.1, 0.15) is 34.5 Å². The highest BCUT2D eigenvalue weighted by Gasteiger charge is 2.53. The molecule has 3 aromatic rings. The first-order valence-electron chi connectivity index (χ1n) is 11.2. The normalized spacial score (nSPS) is 21.6. The molecular formula is C24H21N5O6. The van der Waals surface area contributed by atoms with Crippen LogP contribution in [0.4, 0.5) is 10.6 Å². The van der Waals surface area contributed by atoms with Crippen molar-refractivity contribution in [1.29, 1.82) is 0 Å². The smallest absolute Gasteiger partial charge is 0.322 e. The second-order valence-electron chi connectivity index (χ2n) is 8.80. The summed E-state index contributed by atoms with van der Waals surface area (Å²) in [5, 5.41) is 5.49. The summed E-state index contributed by atoms with van der Waals surface area (Å²) in [6.45, 7) is 0.655. The van der Waals surface area contributed by atoms with E-state index >= 15 is 0 Å². The maximum atomic E-state index is 13.2. The molecular weight excluding hydrogens is 454 g/mol. The van der Waals surface area contributed by atoms with Crippen LogP contribution < -0.4 is 20.3 Å². The van der Waals surface area contributed by atoms with Gasteiger partial charge in [-0.3, -0.25) is 24.6 Å². The van der Waals surface area contributed by atoms with Crippen molar-refractivity contribution in [2.45, 2.75) is 24.9 Å². The third kappa shape index (κ3) is 3.15. The number of amides is 5. The lowest BCUT2D eigenvalue weighted by Gasteiger charge is -2.29. The van der Waals surface area contributed by atoms with Crippen molar-refractivity contribution in [3.63, 3.8) is 0 Å². The molecule has 2 saturated heterocycles. The van der Waals surface area contributed by atoms with Crippen LogP contribution in [0.25, 0.3) is 11.0 Å². The number of ether oxygens (including phenoxy) is 1. The molecule has 11 heteroatoms. The predicted molar refractivity (Wildman–Crippen MR) is 122 cm³/mol. The number of nitrogens with one attached hydrogen (secondary N) is 2. The molecule has 0 bridgehead atoms. The average molecular weight is 475 g/mol. The van der Waals surface area contributed by atoms with Crippen LogP contribution in [0.15, 0.2) is 40.9 Å². The summed E-state index contributed by atoms with van der Waals surface area (Å²) >= 11 is 0. The summed E-state index contributed by atoms with van der Waals surface area (Å²) in [4.78, 5) is 58.4. The highest BCUT2D eigenvalue weighted by molar-refractivity contribution is 6.09. The molecule has 0 aliphatic carbocycles. The molecule has 178 valence electrons. The summed E-state index contributed by atoms with van der Waals surface area (Å²) in [5.74, 6) is 0.192. The van der Waals surface area contributed by atoms with Gasteiger partial charge in [-0.15, -0.1) is 0 Å². The molecule has 5 heterocycles. The van der Waals surface area contributed by atoms with Crippen LogP contribution >= 0.6 is 0 Å². The van der Waals surface area contributed by atoms with Crippen LogP contribution in [-0.4, -0.2) is 53.8 Å². The van der Waals surface area contributed by atoms with E-state index in [1.165, 1.54) is 18.2 Å². The predicted octanol–water partition coefficient (Wildman–Crippen LogP) is 1.65. The Morgan fingerprint density at radius 3 is 2.74 bits per heavy atom. The number of fused-ring (bicyclic) bond motifs is 2. The highest BCUT2D eigenvalue weighted by atomic mass is 16.5. The monoisotopic (exact) mass is 475 g/mol. The lowest BCUT2D eigenvalue weighted by Crippen LogP contribution is -2.52. The van der Waals surface area contributed by atoms with Gasteiger partial charge in [-0.1, -0.05) is 6.07 Å². The molecule has 1 atom stereocenters. The molecule has 35 heavy (non-hydrogen) atoms. The number of hydrogen-bond donors (Lipinski definition) is 2. The Morgan fingerprint density at radius 1 is 1.17 bits per heavy atom. The number of methoxy groups -OCH3 is 1. The van der Waals surface area contributed by atoms with E-state index in [1.807, 2.05) is 0 Å². The van der Waals surface area contributed by atoms with Crippen LogP contribution in [-0.2, 0) is 21.7 Å². The first-order valence-corrected chi connectivity index (χ1v) is 11.2. The van der Waals surface area contributed by atoms with Crippen LogP contribution in [0.5, 0.6) is 5.75 Å². The number of aromatic nitrogens is 1. The Kier molecular flexibility index (Phi) is 4.56. The Hall–Kier alpha value is -4.41. The summed E-state index contributed by atoms with van der Waals surface area (Å²) < 4.78 is 11.3. The molecule has 2 N–H and O–H groups in total. The number of benzene rings is 1. The number of nitrogens with zero attached hydrogens (tertiary/aromatic N) is 3. The third-order valence-electron chi connectivity index (χ3n) is 6.74. The zero-order valence-corrected chi connectivity index (χ0v) is 18.8. The maximum absolute atomic E-state index is 13.2. The average Bonchev–Trinajstić information content (AvgIpc) is 3.60. The lowest BCUT2D eigenvalue weighted by molar-refractivity contribution is -0.125. The molecule has 0 unspecified atom stereocenters. The van der Waals surface area contributed by atoms with E-state index in [1.54, 1.807) is 35.2 Å². The van der Waals surface area contributed by atoms with Gasteiger partial charge in [0.25, 0.3) is 11.8 Å². The number of rotatable bonds is 5. The van der Waals surface area contributed by atoms with Gasteiger partial charge >= 0.3 is 6.03 Å². The zero-order valence-electron chi connectivity index (χ0n) is 18.8. The number of anilines is 1. The van der Waals surface area contributed by atoms with Crippen molar-refractivity contribution in [2.24, 2.45) is 0 Å². The Balaban J connectivity index is 1.41. The maximum Gasteiger partial charge on any atom is 0.322 e. The van der Waals surface area contributed by atoms with E-state index in [0.717, 1.165) is 12.0 Å². The number of imide groups is 1. The van der Waals surface area contributed by atoms with Crippen molar-refractivity contribution >= 4 is 40.5 Å². The van der Waals surface area contributed by atoms with Gasteiger partial charge in [-0.25, -0.2) is 9.78 Å². The number of carbonyl (C=O) groups is 4. The van der Waals surface area contributed by atoms with Gasteiger partial charge in [0.1, 0.15) is 22.9 Å². The van der Waals surface area contributed by atoms with Crippen molar-refractivity contribution in [2.75, 3.05) is 25.1 Å². The standard InChI is InChI=1S/C24H21N5O6/c1-34-14-5-4-13-11-28(21(31)15(13)9-14)12-24(22(32)26-23(33)27-24)18-10-16-17(35-18)6-7-25-20(16)29-8-2-3-19(29)30/h4-7,9-10H,2-3,8,11-12H2,1H3,(H2,26,27,32,33)/t24-/m0/s1. The molecule has 0 saturated carbocycles. The van der Waals surface area contributed by atoms with Crippen LogP contribution in [0.2, 0.25) is 0 Å². The summed E-state index contributed by atoms with van der Waals surface area (Å²) in [6, 6.07) is 7.79. The van der Waals surface area contributed by atoms with E-state index in [9.17, 15) is 19.2 Å². The van der Waals surface area contributed by atoms with Crippen molar-refractivity contribution in [3.05, 3.63) is 53.4 Å². The van der Waals surface area contributed by atoms with E-state index < -0.39 is 17.5 Å². The number of urea groups is 1. The van der Waals surface area contributed by atoms with E-state index in [-0.39, 0.29) is 30.7 Å². The third-order valence-corrected chi connectivity index (χ3v) is 6.74. The minimum atomic E-state index is -1.65. The number of carbonyl (C=O) groups excluding carboxylic acids is 4. The van der Waals surface area contributed by atoms with Crippen molar-refractivity contribution in [3.8, 4) is 5.75 Å². The van der Waals surface area contributed by atoms with Gasteiger partial charge in [0.05, 0.1) is 19.0 Å². The molecule has 3 aliphatic rings. The van der Waals surface area contributed by atoms with Gasteiger partial charge < -0.3 is 19.4 Å². The van der Waals surface area contributed by atoms with Gasteiger partial charge in [-0.2, -0.15) is 0 Å². The van der Waals surface area contributed by atoms with Gasteiger partial charge in [0.15, 0.2) is 5.54 Å². The minimum Gasteiger partial charge on any atom is -0.497 e. The summed E-state index contributed by atoms with van der Waals surface area (Å²) in [7, 11) is 1.52. The molecule has 2 aromatic heterocycles. The SMILES string of the molecule is COc1ccc2c(c1)C(=O)N(C[C@@]1(c3cc4c(N5CCCC5=O)nccc4o3)NC(=O)NC1=O)C2. The lowest BCUT2D eigenvalue weighted by atomic mass is 9.95. The van der Waals surface area contributed by atoms with Crippen molar-refractivity contribution < 1.29 is 28.3 Å². The fourth-order valence-corrected chi connectivity index (χ4v) is 4.98. The van der Waals surface area contributed by atoms with E-state index in [4.69, 9.17) is 9.15 Å². The topological polar surface area (TPSA) is 134 Å². The molecule has 2 fully saturated rings. The second-order valence-corrected chi connectivity index (χ2v) is 8.80. The highest BCUT2D eigenvalue weighted by Crippen LogP contribution is 2.37. The molecule has 1 aromatic carbocycles. The fraction of sp³-hybridized carbons (Fsp3) is 0.292. The Labute approximate surface area is 199 Å². The molecule has 0 spiro atoms. The molecule has 11 nitrogen and oxygen atoms in total. The zero-order chi connectivity index (χ0) is 24.3. The first kappa shape index (κ1) is 21.1. The Morgan fingerprint density at radius 2 is 2.03 bits per heavy atom. The molecule has 0 radical (unpaired) electrons. The molecule has 3 aliphatic heterocycles. The molecule has 6 rings (SSSR count). The number of pyridine rings is 1. The van der Waals surface area contributed by atoms with Crippen molar-refractivity contribution in [1.82, 2.24) is 20.5 Å². The van der Waals surface area contributed by atoms with Gasteiger partial charge in [-0.05, 0) is 36.2 Å². The largest absolute Gasteiger partial charge is 0.497 e. The van der Waals surface area contributed by atoms with Gasteiger partial charge in [0, 0.05) is 31.3 Å². The quantitative estimate of drug-likeness (QED) is 0.536. The van der Waals surface area contributed by atoms with Crippen LogP contribution in [0.3, 0.4) is 0 Å². The summed E-state index contributed by atoms with van der Waals surface area (Å²) in [5.41, 5.74) is 0.0375. The number of furan rings is 1. The van der Waals surface area contributed by atoms with E-state index in [2.05, 4.69) is 15.6 Å². The van der Waals surface area contributed by atoms with E-state index in [0.29, 0.717) is 41.1 Å². The minimum absolute atomic E-state index is 0.0368. The molecule has 5 amide bonds. The first-order chi connectivity index (χ1) is 16.9. The van der Waals surface area contributed by atoms with Gasteiger partial charge in [0.2, 0.25) is 5.91 Å². The Bertz CT molecular complexity index is 1430.